The van der Waals surface area contributed by atoms with Crippen LogP contribution in [0.5, 0.6) is 0 Å². The van der Waals surface area contributed by atoms with E-state index in [1.807, 2.05) is 25.6 Å². The summed E-state index contributed by atoms with van der Waals surface area (Å²) >= 11 is 1.86. The second kappa shape index (κ2) is 5.75. The molecule has 15 heavy (non-hydrogen) atoms. The minimum atomic E-state index is -0.563. The molecule has 0 spiro atoms. The quantitative estimate of drug-likeness (QED) is 0.734. The van der Waals surface area contributed by atoms with E-state index in [9.17, 15) is 4.79 Å². The molecule has 0 bridgehead atoms. The number of thioether (sulfide) groups is 1. The summed E-state index contributed by atoms with van der Waals surface area (Å²) < 4.78 is 0.241. The van der Waals surface area contributed by atoms with Gasteiger partial charge in [0.25, 0.3) is 0 Å². The van der Waals surface area contributed by atoms with Crippen LogP contribution in [0.1, 0.15) is 41.0 Å². The first-order valence-corrected chi connectivity index (χ1v) is 6.39. The highest BCUT2D eigenvalue weighted by molar-refractivity contribution is 8.00. The molecule has 0 heterocycles. The van der Waals surface area contributed by atoms with Gasteiger partial charge in [-0.15, -0.1) is 0 Å². The molecule has 0 aromatic heterocycles. The topological polar surface area (TPSA) is 55.1 Å². The number of amides is 1. The molecule has 1 unspecified atom stereocenters. The third-order valence-electron chi connectivity index (χ3n) is 2.25. The summed E-state index contributed by atoms with van der Waals surface area (Å²) in [5.74, 6) is 0.675. The van der Waals surface area contributed by atoms with Crippen molar-refractivity contribution < 1.29 is 4.79 Å². The predicted octanol–water partition coefficient (Wildman–Crippen LogP) is 1.76. The van der Waals surface area contributed by atoms with Crippen molar-refractivity contribution in [1.82, 2.24) is 5.32 Å². The van der Waals surface area contributed by atoms with Crippen molar-refractivity contribution in [2.24, 2.45) is 5.73 Å². The van der Waals surface area contributed by atoms with Crippen molar-refractivity contribution in [2.75, 3.05) is 12.3 Å². The molecule has 1 amide bonds. The Bertz CT molecular complexity index is 213. The van der Waals surface area contributed by atoms with Gasteiger partial charge in [-0.1, -0.05) is 27.7 Å². The van der Waals surface area contributed by atoms with Gasteiger partial charge in [0.1, 0.15) is 0 Å². The van der Waals surface area contributed by atoms with E-state index in [1.165, 1.54) is 0 Å². The second-order valence-corrected chi connectivity index (χ2v) is 6.86. The minimum absolute atomic E-state index is 0.241. The Morgan fingerprint density at radius 3 is 2.20 bits per heavy atom. The van der Waals surface area contributed by atoms with Gasteiger partial charge in [0.05, 0.1) is 5.54 Å². The minimum Gasteiger partial charge on any atom is -0.368 e. The normalized spacial score (nSPS) is 16.1. The number of hydrogen-bond donors (Lipinski definition) is 2. The third-order valence-corrected chi connectivity index (χ3v) is 3.52. The molecule has 90 valence electrons. The zero-order valence-electron chi connectivity index (χ0n) is 10.5. The molecule has 0 saturated carbocycles. The first-order chi connectivity index (χ1) is 6.71. The number of nitrogens with one attached hydrogen (secondary N) is 1. The Balaban J connectivity index is 4.14. The largest absolute Gasteiger partial charge is 0.368 e. The van der Waals surface area contributed by atoms with E-state index in [2.05, 4.69) is 26.1 Å². The van der Waals surface area contributed by atoms with E-state index in [0.29, 0.717) is 0 Å². The molecule has 0 aliphatic rings. The van der Waals surface area contributed by atoms with Crippen LogP contribution in [0, 0.1) is 0 Å². The number of carbonyl (C=O) groups is 1. The smallest absolute Gasteiger partial charge is 0.237 e. The standard InChI is InChI=1S/C11H24N2OS/c1-6-13-11(5,9(12)14)7-8-15-10(2,3)4/h13H,6-8H2,1-5H3,(H2,12,14). The molecule has 1 atom stereocenters. The Morgan fingerprint density at radius 1 is 1.33 bits per heavy atom. The van der Waals surface area contributed by atoms with Gasteiger partial charge >= 0.3 is 0 Å². The fourth-order valence-electron chi connectivity index (χ4n) is 1.25. The molecule has 4 heteroatoms. The zero-order valence-corrected chi connectivity index (χ0v) is 11.3. The van der Waals surface area contributed by atoms with Crippen molar-refractivity contribution in [3.63, 3.8) is 0 Å². The predicted molar refractivity (Wildman–Crippen MR) is 68.1 cm³/mol. The molecule has 0 saturated heterocycles. The lowest BCUT2D eigenvalue weighted by atomic mass is 9.98. The van der Waals surface area contributed by atoms with Crippen LogP contribution < -0.4 is 11.1 Å². The number of nitrogens with two attached hydrogens (primary N) is 1. The molecular weight excluding hydrogens is 208 g/mol. The molecule has 0 aromatic carbocycles. The van der Waals surface area contributed by atoms with Crippen molar-refractivity contribution >= 4 is 17.7 Å². The van der Waals surface area contributed by atoms with Crippen LogP contribution in [-0.2, 0) is 4.79 Å². The molecule has 0 rings (SSSR count). The number of likely N-dealkylation sites (N-methyl/N-ethyl adjacent to an activating group) is 1. The lowest BCUT2D eigenvalue weighted by molar-refractivity contribution is -0.123. The molecule has 0 aliphatic carbocycles. The van der Waals surface area contributed by atoms with Gasteiger partial charge in [-0.2, -0.15) is 11.8 Å². The summed E-state index contributed by atoms with van der Waals surface area (Å²) in [6.07, 6.45) is 0.776. The fraction of sp³-hybridized carbons (Fsp3) is 0.909. The van der Waals surface area contributed by atoms with E-state index >= 15 is 0 Å². The highest BCUT2D eigenvalue weighted by atomic mass is 32.2. The Kier molecular flexibility index (Phi) is 5.67. The second-order valence-electron chi connectivity index (χ2n) is 4.94. The van der Waals surface area contributed by atoms with Gasteiger partial charge in [-0.25, -0.2) is 0 Å². The first kappa shape index (κ1) is 14.8. The summed E-state index contributed by atoms with van der Waals surface area (Å²) in [5.41, 5.74) is 4.83. The maximum atomic E-state index is 11.3. The van der Waals surface area contributed by atoms with Gasteiger partial charge in [0, 0.05) is 4.75 Å². The number of carbonyl (C=O) groups excluding carboxylic acids is 1. The molecule has 0 aromatic rings. The van der Waals surface area contributed by atoms with Crippen LogP contribution in [0.3, 0.4) is 0 Å². The lowest BCUT2D eigenvalue weighted by Crippen LogP contribution is -2.53. The molecule has 0 radical (unpaired) electrons. The van der Waals surface area contributed by atoms with E-state index < -0.39 is 5.54 Å². The van der Waals surface area contributed by atoms with Gasteiger partial charge in [0.2, 0.25) is 5.91 Å². The molecule has 0 fully saturated rings. The fourth-order valence-corrected chi connectivity index (χ4v) is 2.37. The SMILES string of the molecule is CCNC(C)(CCSC(C)(C)C)C(N)=O. The average Bonchev–Trinajstić information content (AvgIpc) is 2.01. The highest BCUT2D eigenvalue weighted by Gasteiger charge is 2.29. The maximum Gasteiger partial charge on any atom is 0.237 e. The van der Waals surface area contributed by atoms with E-state index in [-0.39, 0.29) is 10.7 Å². The van der Waals surface area contributed by atoms with Crippen molar-refractivity contribution in [2.45, 2.75) is 51.3 Å². The number of primary amides is 1. The van der Waals surface area contributed by atoms with Crippen molar-refractivity contribution in [3.05, 3.63) is 0 Å². The van der Waals surface area contributed by atoms with Crippen molar-refractivity contribution in [3.8, 4) is 0 Å². The monoisotopic (exact) mass is 232 g/mol. The van der Waals surface area contributed by atoms with Crippen LogP contribution in [0.2, 0.25) is 0 Å². The van der Waals surface area contributed by atoms with E-state index in [4.69, 9.17) is 5.73 Å². The van der Waals surface area contributed by atoms with Gasteiger partial charge in [-0.3, -0.25) is 4.79 Å². The highest BCUT2D eigenvalue weighted by Crippen LogP contribution is 2.25. The van der Waals surface area contributed by atoms with Crippen LogP contribution >= 0.6 is 11.8 Å². The Labute approximate surface area is 97.6 Å². The number of hydrogen-bond acceptors (Lipinski definition) is 3. The molecule has 3 N–H and O–H groups in total. The lowest BCUT2D eigenvalue weighted by Gasteiger charge is -2.28. The van der Waals surface area contributed by atoms with Crippen LogP contribution in [0.15, 0.2) is 0 Å². The summed E-state index contributed by atoms with van der Waals surface area (Å²) in [5, 5.41) is 3.16. The first-order valence-electron chi connectivity index (χ1n) is 5.40. The maximum absolute atomic E-state index is 11.3. The van der Waals surface area contributed by atoms with E-state index in [0.717, 1.165) is 18.7 Å². The van der Waals surface area contributed by atoms with Crippen LogP contribution in [-0.4, -0.2) is 28.5 Å². The van der Waals surface area contributed by atoms with Crippen LogP contribution in [0.25, 0.3) is 0 Å². The van der Waals surface area contributed by atoms with E-state index in [1.54, 1.807) is 0 Å². The van der Waals surface area contributed by atoms with Crippen LogP contribution in [0.4, 0.5) is 0 Å². The molecule has 3 nitrogen and oxygen atoms in total. The Hall–Kier alpha value is -0.220. The summed E-state index contributed by atoms with van der Waals surface area (Å²) in [6, 6.07) is 0. The zero-order chi connectivity index (χ0) is 12.1. The summed E-state index contributed by atoms with van der Waals surface area (Å²) in [7, 11) is 0. The van der Waals surface area contributed by atoms with Gasteiger partial charge in [-0.05, 0) is 25.6 Å². The third kappa shape index (κ3) is 6.05. The number of rotatable bonds is 6. The summed E-state index contributed by atoms with van der Waals surface area (Å²) in [4.78, 5) is 11.3. The molecule has 0 aliphatic heterocycles. The average molecular weight is 232 g/mol. The van der Waals surface area contributed by atoms with Gasteiger partial charge < -0.3 is 11.1 Å². The molecular formula is C11H24N2OS. The summed E-state index contributed by atoms with van der Waals surface area (Å²) in [6.45, 7) is 11.1. The Morgan fingerprint density at radius 2 is 1.87 bits per heavy atom. The van der Waals surface area contributed by atoms with Gasteiger partial charge in [0.15, 0.2) is 0 Å². The van der Waals surface area contributed by atoms with Crippen molar-refractivity contribution in [1.29, 1.82) is 0 Å².